The highest BCUT2D eigenvalue weighted by Gasteiger charge is 2.40. The van der Waals surface area contributed by atoms with E-state index in [1.807, 2.05) is 37.3 Å². The van der Waals surface area contributed by atoms with Gasteiger partial charge in [0.1, 0.15) is 11.4 Å². The second-order valence-electron chi connectivity index (χ2n) is 8.21. The Kier molecular flexibility index (Phi) is 6.46. The van der Waals surface area contributed by atoms with Crippen LogP contribution in [0.4, 0.5) is 11.4 Å². The molecule has 0 aromatic heterocycles. The summed E-state index contributed by atoms with van der Waals surface area (Å²) >= 11 is 0. The molecule has 34 heavy (non-hydrogen) atoms. The van der Waals surface area contributed by atoms with Crippen molar-refractivity contribution in [3.8, 4) is 11.8 Å². The third-order valence-corrected chi connectivity index (χ3v) is 5.64. The third-order valence-electron chi connectivity index (χ3n) is 5.64. The number of hydrogen-bond donors (Lipinski definition) is 1. The standard InChI is InChI=1S/C28H25N3O3/c1-4-34-24-15-9-21(10-16-24)25-26(30-22-11-7-20(8-12-22)18(2)3)28(33)31(27(25)32)23-13-5-19(17-29)6-14-23/h5-16,18,30H,4H2,1-3H3. The molecule has 0 spiro atoms. The molecule has 6 heteroatoms. The number of imide groups is 1. The lowest BCUT2D eigenvalue weighted by atomic mass is 10.0. The smallest absolute Gasteiger partial charge is 0.282 e. The van der Waals surface area contributed by atoms with Gasteiger partial charge in [-0.15, -0.1) is 0 Å². The Labute approximate surface area is 199 Å². The number of nitrogens with zero attached hydrogens (tertiary/aromatic N) is 2. The zero-order valence-electron chi connectivity index (χ0n) is 19.3. The van der Waals surface area contributed by atoms with Crippen molar-refractivity contribution < 1.29 is 14.3 Å². The van der Waals surface area contributed by atoms with Crippen LogP contribution in [0.1, 0.15) is 43.4 Å². The molecule has 3 aromatic rings. The van der Waals surface area contributed by atoms with E-state index in [0.29, 0.717) is 40.8 Å². The average molecular weight is 452 g/mol. The highest BCUT2D eigenvalue weighted by molar-refractivity contribution is 6.46. The molecule has 1 heterocycles. The summed E-state index contributed by atoms with van der Waals surface area (Å²) < 4.78 is 5.52. The third kappa shape index (κ3) is 4.41. The van der Waals surface area contributed by atoms with Gasteiger partial charge in [-0.2, -0.15) is 5.26 Å². The van der Waals surface area contributed by atoms with Crippen molar-refractivity contribution in [2.45, 2.75) is 26.7 Å². The van der Waals surface area contributed by atoms with E-state index in [1.54, 1.807) is 48.5 Å². The predicted molar refractivity (Wildman–Crippen MR) is 132 cm³/mol. The van der Waals surface area contributed by atoms with E-state index in [1.165, 1.54) is 5.56 Å². The van der Waals surface area contributed by atoms with Crippen molar-refractivity contribution in [3.05, 3.63) is 95.2 Å². The van der Waals surface area contributed by atoms with E-state index in [2.05, 4.69) is 19.2 Å². The van der Waals surface area contributed by atoms with Gasteiger partial charge in [0, 0.05) is 5.69 Å². The van der Waals surface area contributed by atoms with Crippen LogP contribution in [-0.2, 0) is 9.59 Å². The van der Waals surface area contributed by atoms with Crippen LogP contribution in [0.5, 0.6) is 5.75 Å². The number of amides is 2. The molecule has 0 radical (unpaired) electrons. The maximum atomic E-state index is 13.5. The Hall–Kier alpha value is -4.37. The molecule has 0 aliphatic carbocycles. The largest absolute Gasteiger partial charge is 0.494 e. The van der Waals surface area contributed by atoms with Gasteiger partial charge in [0.2, 0.25) is 0 Å². The molecule has 0 saturated heterocycles. The Bertz CT molecular complexity index is 1280. The van der Waals surface area contributed by atoms with Gasteiger partial charge in [-0.25, -0.2) is 4.90 Å². The molecule has 0 atom stereocenters. The maximum absolute atomic E-state index is 13.5. The van der Waals surface area contributed by atoms with Crippen molar-refractivity contribution in [1.29, 1.82) is 5.26 Å². The van der Waals surface area contributed by atoms with Crippen molar-refractivity contribution >= 4 is 28.8 Å². The number of carbonyl (C=O) groups is 2. The van der Waals surface area contributed by atoms with Crippen LogP contribution in [0.15, 0.2) is 78.5 Å². The Morgan fingerprint density at radius 2 is 1.56 bits per heavy atom. The molecule has 0 fully saturated rings. The summed E-state index contributed by atoms with van der Waals surface area (Å²) in [4.78, 5) is 28.2. The van der Waals surface area contributed by atoms with Crippen molar-refractivity contribution in [2.75, 3.05) is 16.8 Å². The first-order valence-electron chi connectivity index (χ1n) is 11.2. The fraction of sp³-hybridized carbons (Fsp3) is 0.179. The molecule has 1 aliphatic rings. The minimum absolute atomic E-state index is 0.204. The van der Waals surface area contributed by atoms with Gasteiger partial charge >= 0.3 is 0 Å². The molecule has 0 unspecified atom stereocenters. The molecule has 1 aliphatic heterocycles. The second kappa shape index (κ2) is 9.63. The number of ether oxygens (including phenoxy) is 1. The van der Waals surface area contributed by atoms with Gasteiger partial charge in [0.15, 0.2) is 0 Å². The van der Waals surface area contributed by atoms with Crippen LogP contribution < -0.4 is 15.0 Å². The first-order valence-corrected chi connectivity index (χ1v) is 11.2. The molecule has 2 amide bonds. The SMILES string of the molecule is CCOc1ccc(C2=C(Nc3ccc(C(C)C)cc3)C(=O)N(c3ccc(C#N)cc3)C2=O)cc1. The summed E-state index contributed by atoms with van der Waals surface area (Å²) in [7, 11) is 0. The van der Waals surface area contributed by atoms with E-state index >= 15 is 0 Å². The lowest BCUT2D eigenvalue weighted by Gasteiger charge is -2.15. The molecular formula is C28H25N3O3. The number of nitrogens with one attached hydrogen (secondary N) is 1. The lowest BCUT2D eigenvalue weighted by molar-refractivity contribution is -0.120. The number of benzene rings is 3. The summed E-state index contributed by atoms with van der Waals surface area (Å²) in [5.41, 5.74) is 3.85. The minimum atomic E-state index is -0.452. The molecule has 0 bridgehead atoms. The zero-order valence-corrected chi connectivity index (χ0v) is 19.3. The van der Waals surface area contributed by atoms with Gasteiger partial charge in [-0.1, -0.05) is 38.1 Å². The quantitative estimate of drug-likeness (QED) is 0.481. The highest BCUT2D eigenvalue weighted by atomic mass is 16.5. The van der Waals surface area contributed by atoms with Crippen LogP contribution in [0, 0.1) is 11.3 Å². The van der Waals surface area contributed by atoms with E-state index in [0.717, 1.165) is 4.90 Å². The summed E-state index contributed by atoms with van der Waals surface area (Å²) in [6.45, 7) is 6.66. The molecule has 3 aromatic carbocycles. The number of hydrogen-bond acceptors (Lipinski definition) is 5. The summed E-state index contributed by atoms with van der Waals surface area (Å²) in [6.07, 6.45) is 0. The molecule has 0 saturated carbocycles. The number of anilines is 2. The van der Waals surface area contributed by atoms with Gasteiger partial charge in [-0.3, -0.25) is 9.59 Å². The number of nitriles is 1. The Morgan fingerprint density at radius 3 is 2.12 bits per heavy atom. The normalized spacial score (nSPS) is 13.4. The summed E-state index contributed by atoms with van der Waals surface area (Å²) in [5.74, 6) is 0.187. The lowest BCUT2D eigenvalue weighted by Crippen LogP contribution is -2.32. The molecule has 1 N–H and O–H groups in total. The summed E-state index contributed by atoms with van der Waals surface area (Å²) in [5, 5.41) is 12.3. The Morgan fingerprint density at radius 1 is 0.912 bits per heavy atom. The zero-order chi connectivity index (χ0) is 24.2. The van der Waals surface area contributed by atoms with Crippen molar-refractivity contribution in [2.24, 2.45) is 0 Å². The van der Waals surface area contributed by atoms with E-state index < -0.39 is 11.8 Å². The first-order chi connectivity index (χ1) is 16.4. The highest BCUT2D eigenvalue weighted by Crippen LogP contribution is 2.34. The monoisotopic (exact) mass is 451 g/mol. The van der Waals surface area contributed by atoms with Crippen LogP contribution in [-0.4, -0.2) is 18.4 Å². The topological polar surface area (TPSA) is 82.4 Å². The molecule has 170 valence electrons. The second-order valence-corrected chi connectivity index (χ2v) is 8.21. The van der Waals surface area contributed by atoms with Gasteiger partial charge in [0.25, 0.3) is 11.8 Å². The number of carbonyl (C=O) groups excluding carboxylic acids is 2. The molecular weight excluding hydrogens is 426 g/mol. The minimum Gasteiger partial charge on any atom is -0.494 e. The van der Waals surface area contributed by atoms with Gasteiger partial charge in [0.05, 0.1) is 29.5 Å². The van der Waals surface area contributed by atoms with Crippen molar-refractivity contribution in [1.82, 2.24) is 0 Å². The number of rotatable bonds is 7. The summed E-state index contributed by atoms with van der Waals surface area (Å²) in [6, 6.07) is 23.3. The maximum Gasteiger partial charge on any atom is 0.282 e. The van der Waals surface area contributed by atoms with Gasteiger partial charge < -0.3 is 10.1 Å². The predicted octanol–water partition coefficient (Wildman–Crippen LogP) is 5.48. The van der Waals surface area contributed by atoms with E-state index in [-0.39, 0.29) is 11.3 Å². The molecule has 4 rings (SSSR count). The molecule has 6 nitrogen and oxygen atoms in total. The van der Waals surface area contributed by atoms with E-state index in [9.17, 15) is 9.59 Å². The van der Waals surface area contributed by atoms with Crippen molar-refractivity contribution in [3.63, 3.8) is 0 Å². The van der Waals surface area contributed by atoms with Crippen LogP contribution >= 0.6 is 0 Å². The Balaban J connectivity index is 1.75. The van der Waals surface area contributed by atoms with Gasteiger partial charge in [-0.05, 0) is 72.5 Å². The fourth-order valence-electron chi connectivity index (χ4n) is 3.81. The fourth-order valence-corrected chi connectivity index (χ4v) is 3.81. The van der Waals surface area contributed by atoms with E-state index in [4.69, 9.17) is 10.00 Å². The average Bonchev–Trinajstić information content (AvgIpc) is 3.09. The first kappa shape index (κ1) is 22.8. The van der Waals surface area contributed by atoms with Crippen LogP contribution in [0.3, 0.4) is 0 Å². The van der Waals surface area contributed by atoms with Crippen LogP contribution in [0.25, 0.3) is 5.57 Å². The van der Waals surface area contributed by atoms with Crippen LogP contribution in [0.2, 0.25) is 0 Å².